The van der Waals surface area contributed by atoms with E-state index in [-0.39, 0.29) is 51.9 Å². The molecule has 5 rings (SSSR count). The Balaban J connectivity index is 1.48. The van der Waals surface area contributed by atoms with Gasteiger partial charge in [0.25, 0.3) is 15.9 Å². The van der Waals surface area contributed by atoms with Crippen molar-refractivity contribution >= 4 is 33.2 Å². The molecule has 0 radical (unpaired) electrons. The predicted octanol–water partition coefficient (Wildman–Crippen LogP) is 4.13. The fourth-order valence-corrected chi connectivity index (χ4v) is 5.91. The summed E-state index contributed by atoms with van der Waals surface area (Å²) in [6, 6.07) is 11.1. The molecule has 0 atom stereocenters. The number of nitrogens with zero attached hydrogens (tertiary/aromatic N) is 2. The third kappa shape index (κ3) is 4.79. The van der Waals surface area contributed by atoms with Gasteiger partial charge >= 0.3 is 0 Å². The Morgan fingerprint density at radius 1 is 1.05 bits per heavy atom. The number of anilines is 1. The van der Waals surface area contributed by atoms with Gasteiger partial charge in [0.05, 0.1) is 45.3 Å². The number of aromatic nitrogens is 1. The van der Waals surface area contributed by atoms with Crippen molar-refractivity contribution in [2.45, 2.75) is 29.8 Å². The first kappa shape index (κ1) is 25.9. The number of sulfonamides is 1. The van der Waals surface area contributed by atoms with Crippen LogP contribution in [-0.2, 0) is 16.6 Å². The molecule has 0 bridgehead atoms. The normalized spacial score (nSPS) is 15.8. The number of nitrogens with one attached hydrogen (secondary N) is 1. The standard InChI is InChI=1S/C26H26ClN3O7S/c1-34-19-6-4-16(22(12-19)36-3)14-30-25(31)20-11-18(13-28-24(20)37-15-26(30)8-9-26)29-38(32,33)23-10-17(27)5-7-21(23)35-2/h4-7,10-13,29H,8-9,14-15H2,1-3H3. The van der Waals surface area contributed by atoms with Gasteiger partial charge in [-0.25, -0.2) is 13.4 Å². The van der Waals surface area contributed by atoms with Gasteiger partial charge in [-0.2, -0.15) is 0 Å². The molecule has 0 saturated heterocycles. The highest BCUT2D eigenvalue weighted by atomic mass is 35.5. The molecule has 1 aromatic heterocycles. The smallest absolute Gasteiger partial charge is 0.265 e. The van der Waals surface area contributed by atoms with Gasteiger partial charge in [0.2, 0.25) is 5.88 Å². The van der Waals surface area contributed by atoms with Crippen LogP contribution >= 0.6 is 11.6 Å². The van der Waals surface area contributed by atoms with Gasteiger partial charge in [-0.1, -0.05) is 11.6 Å². The van der Waals surface area contributed by atoms with Crippen molar-refractivity contribution < 1.29 is 32.2 Å². The second-order valence-corrected chi connectivity index (χ2v) is 11.1. The summed E-state index contributed by atoms with van der Waals surface area (Å²) >= 11 is 6.03. The average Bonchev–Trinajstić information content (AvgIpc) is 3.71. The van der Waals surface area contributed by atoms with Crippen LogP contribution in [0.3, 0.4) is 0 Å². The van der Waals surface area contributed by atoms with Crippen LogP contribution in [0.25, 0.3) is 0 Å². The van der Waals surface area contributed by atoms with Crippen molar-refractivity contribution in [1.29, 1.82) is 0 Å². The van der Waals surface area contributed by atoms with Crippen LogP contribution in [0.2, 0.25) is 5.02 Å². The lowest BCUT2D eigenvalue weighted by Crippen LogP contribution is -2.43. The first-order valence-electron chi connectivity index (χ1n) is 11.7. The molecule has 1 spiro atoms. The molecule has 2 heterocycles. The summed E-state index contributed by atoms with van der Waals surface area (Å²) in [7, 11) is 0.381. The summed E-state index contributed by atoms with van der Waals surface area (Å²) in [4.78, 5) is 19.8. The minimum absolute atomic E-state index is 0.0939. The van der Waals surface area contributed by atoms with E-state index in [9.17, 15) is 13.2 Å². The van der Waals surface area contributed by atoms with Crippen LogP contribution in [0, 0.1) is 0 Å². The number of benzene rings is 2. The van der Waals surface area contributed by atoms with Crippen molar-refractivity contribution in [2.75, 3.05) is 32.7 Å². The Morgan fingerprint density at radius 3 is 2.50 bits per heavy atom. The van der Waals surface area contributed by atoms with Gasteiger partial charge in [-0.15, -0.1) is 0 Å². The topological polar surface area (TPSA) is 116 Å². The number of carbonyl (C=O) groups is 1. The first-order chi connectivity index (χ1) is 18.2. The van der Waals surface area contributed by atoms with E-state index in [1.165, 1.54) is 37.6 Å². The number of rotatable bonds is 8. The minimum Gasteiger partial charge on any atom is -0.497 e. The molecule has 1 N–H and O–H groups in total. The molecule has 1 saturated carbocycles. The zero-order valence-corrected chi connectivity index (χ0v) is 22.6. The largest absolute Gasteiger partial charge is 0.497 e. The van der Waals surface area contributed by atoms with Gasteiger partial charge in [-0.05, 0) is 49.2 Å². The number of fused-ring (bicyclic) bond motifs is 1. The van der Waals surface area contributed by atoms with Gasteiger partial charge in [-0.3, -0.25) is 9.52 Å². The molecule has 10 nitrogen and oxygen atoms in total. The van der Waals surface area contributed by atoms with Gasteiger partial charge < -0.3 is 23.8 Å². The summed E-state index contributed by atoms with van der Waals surface area (Å²) < 4.78 is 50.8. The van der Waals surface area contributed by atoms with Crippen molar-refractivity contribution in [3.8, 4) is 23.1 Å². The van der Waals surface area contributed by atoms with Crippen LogP contribution in [-0.4, -0.2) is 57.7 Å². The predicted molar refractivity (Wildman–Crippen MR) is 140 cm³/mol. The maximum atomic E-state index is 13.9. The Labute approximate surface area is 225 Å². The number of halogens is 1. The fourth-order valence-electron chi connectivity index (χ4n) is 4.44. The number of pyridine rings is 1. The maximum absolute atomic E-state index is 13.9. The zero-order valence-electron chi connectivity index (χ0n) is 21.0. The van der Waals surface area contributed by atoms with E-state index in [0.29, 0.717) is 11.5 Å². The number of carbonyl (C=O) groups excluding carboxylic acids is 1. The number of hydrogen-bond donors (Lipinski definition) is 1. The molecule has 12 heteroatoms. The number of amides is 1. The van der Waals surface area contributed by atoms with Gasteiger partial charge in [0, 0.05) is 16.7 Å². The Bertz CT molecular complexity index is 1510. The monoisotopic (exact) mass is 559 g/mol. The highest BCUT2D eigenvalue weighted by molar-refractivity contribution is 7.92. The highest BCUT2D eigenvalue weighted by Crippen LogP contribution is 2.47. The summed E-state index contributed by atoms with van der Waals surface area (Å²) in [5.74, 6) is 1.18. The van der Waals surface area contributed by atoms with E-state index in [4.69, 9.17) is 30.5 Å². The van der Waals surface area contributed by atoms with E-state index in [0.717, 1.165) is 18.4 Å². The second kappa shape index (κ2) is 9.88. The van der Waals surface area contributed by atoms with Crippen LogP contribution < -0.4 is 23.7 Å². The summed E-state index contributed by atoms with van der Waals surface area (Å²) in [6.07, 6.45) is 2.86. The molecule has 38 heavy (non-hydrogen) atoms. The molecular formula is C26H26ClN3O7S. The highest BCUT2D eigenvalue weighted by Gasteiger charge is 2.53. The molecule has 1 aliphatic heterocycles. The van der Waals surface area contributed by atoms with Crippen LogP contribution in [0.5, 0.6) is 23.1 Å². The molecule has 3 aromatic rings. The summed E-state index contributed by atoms with van der Waals surface area (Å²) in [5.41, 5.74) is 0.571. The lowest BCUT2D eigenvalue weighted by atomic mass is 10.1. The van der Waals surface area contributed by atoms with E-state index < -0.39 is 15.6 Å². The SMILES string of the molecule is COc1ccc(CN2C(=O)c3cc(NS(=O)(=O)c4cc(Cl)ccc4OC)cnc3OCC23CC3)c(OC)c1. The number of ether oxygens (including phenoxy) is 4. The second-order valence-electron chi connectivity index (χ2n) is 9.06. The van der Waals surface area contributed by atoms with Crippen molar-refractivity contribution in [3.05, 3.63) is 64.8 Å². The quantitative estimate of drug-likeness (QED) is 0.438. The maximum Gasteiger partial charge on any atom is 0.265 e. The zero-order chi connectivity index (χ0) is 27.1. The third-order valence-electron chi connectivity index (χ3n) is 6.69. The molecule has 2 aromatic carbocycles. The van der Waals surface area contributed by atoms with Crippen LogP contribution in [0.1, 0.15) is 28.8 Å². The van der Waals surface area contributed by atoms with E-state index >= 15 is 0 Å². The summed E-state index contributed by atoms with van der Waals surface area (Å²) in [5, 5.41) is 0.231. The van der Waals surface area contributed by atoms with Gasteiger partial charge in [0.1, 0.15) is 34.3 Å². The molecule has 1 amide bonds. The lowest BCUT2D eigenvalue weighted by Gasteiger charge is -2.30. The minimum atomic E-state index is -4.11. The molecule has 1 aliphatic carbocycles. The Hall–Kier alpha value is -3.70. The third-order valence-corrected chi connectivity index (χ3v) is 8.33. The van der Waals surface area contributed by atoms with Crippen molar-refractivity contribution in [2.24, 2.45) is 0 Å². The van der Waals surface area contributed by atoms with E-state index in [2.05, 4.69) is 9.71 Å². The summed E-state index contributed by atoms with van der Waals surface area (Å²) in [6.45, 7) is 0.548. The molecule has 1 fully saturated rings. The molecule has 2 aliphatic rings. The Kier molecular flexibility index (Phi) is 6.74. The van der Waals surface area contributed by atoms with E-state index in [1.54, 1.807) is 25.2 Å². The number of methoxy groups -OCH3 is 3. The van der Waals surface area contributed by atoms with E-state index in [1.807, 2.05) is 12.1 Å². The van der Waals surface area contributed by atoms with Crippen molar-refractivity contribution in [1.82, 2.24) is 9.88 Å². The lowest BCUT2D eigenvalue weighted by molar-refractivity contribution is 0.0591. The molecule has 0 unspecified atom stereocenters. The average molecular weight is 560 g/mol. The number of hydrogen-bond acceptors (Lipinski definition) is 8. The Morgan fingerprint density at radius 2 is 1.82 bits per heavy atom. The first-order valence-corrected chi connectivity index (χ1v) is 13.6. The molecule has 200 valence electrons. The van der Waals surface area contributed by atoms with Crippen LogP contribution in [0.4, 0.5) is 5.69 Å². The molecular weight excluding hydrogens is 534 g/mol. The van der Waals surface area contributed by atoms with Gasteiger partial charge in [0.15, 0.2) is 0 Å². The fraction of sp³-hybridized carbons (Fsp3) is 0.308. The van der Waals surface area contributed by atoms with Crippen molar-refractivity contribution in [3.63, 3.8) is 0 Å². The van der Waals surface area contributed by atoms with Crippen LogP contribution in [0.15, 0.2) is 53.6 Å².